The van der Waals surface area contributed by atoms with Crippen molar-refractivity contribution in [3.63, 3.8) is 0 Å². The number of anilines is 2. The van der Waals surface area contributed by atoms with Gasteiger partial charge in [0.25, 0.3) is 5.56 Å². The molecule has 3 N–H and O–H groups in total. The Hall–Kier alpha value is -2.25. The third-order valence-electron chi connectivity index (χ3n) is 4.52. The van der Waals surface area contributed by atoms with Crippen LogP contribution in [0.3, 0.4) is 0 Å². The van der Waals surface area contributed by atoms with E-state index >= 15 is 0 Å². The van der Waals surface area contributed by atoms with E-state index in [0.29, 0.717) is 23.0 Å². The van der Waals surface area contributed by atoms with Crippen LogP contribution in [0, 0.1) is 11.8 Å². The Morgan fingerprint density at radius 1 is 1.17 bits per heavy atom. The number of halogens is 2. The summed E-state index contributed by atoms with van der Waals surface area (Å²) in [5.41, 5.74) is 5.70. The number of aryl methyl sites for hydroxylation is 1. The zero-order chi connectivity index (χ0) is 22.6. The first kappa shape index (κ1) is 24.0. The lowest BCUT2D eigenvalue weighted by atomic mass is 10.1. The van der Waals surface area contributed by atoms with E-state index in [0.717, 1.165) is 5.56 Å². The zero-order valence-electron chi connectivity index (χ0n) is 17.7. The third kappa shape index (κ3) is 5.67. The minimum absolute atomic E-state index is 0.00569. The summed E-state index contributed by atoms with van der Waals surface area (Å²) in [7, 11) is 0. The van der Waals surface area contributed by atoms with Crippen molar-refractivity contribution >= 4 is 40.6 Å². The van der Waals surface area contributed by atoms with Gasteiger partial charge in [-0.05, 0) is 29.9 Å². The Kier molecular flexibility index (Phi) is 8.15. The number of nitrogens with zero attached hydrogens (tertiary/aromatic N) is 2. The number of H-pyrrole nitrogens is 1. The Bertz CT molecular complexity index is 1030. The number of hydrogen-bond acceptors (Lipinski definition) is 4. The number of nitrogen functional groups attached to an aromatic ring is 1. The van der Waals surface area contributed by atoms with Gasteiger partial charge in [0.2, 0.25) is 5.91 Å². The van der Waals surface area contributed by atoms with Crippen LogP contribution < -0.4 is 21.9 Å². The van der Waals surface area contributed by atoms with Gasteiger partial charge < -0.3 is 10.6 Å². The molecule has 0 radical (unpaired) electrons. The molecule has 0 aliphatic heterocycles. The number of carbonyl (C=O) groups is 1. The van der Waals surface area contributed by atoms with Gasteiger partial charge in [0.1, 0.15) is 5.82 Å². The molecule has 0 spiro atoms. The number of hydrogen-bond donors (Lipinski definition) is 2. The topological polar surface area (TPSA) is 101 Å². The fourth-order valence-electron chi connectivity index (χ4n) is 3.19. The highest BCUT2D eigenvalue weighted by atomic mass is 35.5. The van der Waals surface area contributed by atoms with Gasteiger partial charge in [0, 0.05) is 19.5 Å². The largest absolute Gasteiger partial charge is 0.383 e. The minimum Gasteiger partial charge on any atom is -0.383 e. The van der Waals surface area contributed by atoms with Crippen LogP contribution in [0.4, 0.5) is 11.5 Å². The molecule has 9 heteroatoms. The summed E-state index contributed by atoms with van der Waals surface area (Å²) < 4.78 is 1.30. The van der Waals surface area contributed by atoms with E-state index < -0.39 is 11.2 Å². The summed E-state index contributed by atoms with van der Waals surface area (Å²) in [5, 5.41) is 0.826. The van der Waals surface area contributed by atoms with Crippen molar-refractivity contribution in [3.8, 4) is 0 Å². The van der Waals surface area contributed by atoms with E-state index in [4.69, 9.17) is 28.9 Å². The Balaban J connectivity index is 2.42. The fourth-order valence-corrected chi connectivity index (χ4v) is 3.60. The van der Waals surface area contributed by atoms with Gasteiger partial charge in [-0.15, -0.1) is 0 Å². The van der Waals surface area contributed by atoms with Crippen LogP contribution in [0.2, 0.25) is 10.0 Å². The summed E-state index contributed by atoms with van der Waals surface area (Å²) in [6.45, 7) is 8.35. The number of aromatic amines is 1. The first-order valence-electron chi connectivity index (χ1n) is 9.88. The van der Waals surface area contributed by atoms with Crippen molar-refractivity contribution < 1.29 is 4.79 Å². The lowest BCUT2D eigenvalue weighted by molar-refractivity contribution is -0.118. The maximum Gasteiger partial charge on any atom is 0.330 e. The molecule has 0 unspecified atom stereocenters. The zero-order valence-corrected chi connectivity index (χ0v) is 19.2. The average Bonchev–Trinajstić information content (AvgIpc) is 2.64. The number of nitrogens with one attached hydrogen (secondary N) is 1. The lowest BCUT2D eigenvalue weighted by Gasteiger charge is -2.26. The van der Waals surface area contributed by atoms with Crippen LogP contribution in [0.1, 0.15) is 39.7 Å². The first-order valence-corrected chi connectivity index (χ1v) is 10.6. The van der Waals surface area contributed by atoms with E-state index in [1.54, 1.807) is 18.2 Å². The number of benzene rings is 1. The van der Waals surface area contributed by atoms with Crippen LogP contribution >= 0.6 is 23.2 Å². The van der Waals surface area contributed by atoms with Gasteiger partial charge in [-0.25, -0.2) is 4.79 Å². The second kappa shape index (κ2) is 10.2. The van der Waals surface area contributed by atoms with Crippen LogP contribution in [-0.2, 0) is 17.8 Å². The molecule has 30 heavy (non-hydrogen) atoms. The number of amides is 1. The second-order valence-corrected chi connectivity index (χ2v) is 8.89. The Labute approximate surface area is 185 Å². The smallest absolute Gasteiger partial charge is 0.330 e. The van der Waals surface area contributed by atoms with Gasteiger partial charge in [-0.2, -0.15) is 0 Å². The van der Waals surface area contributed by atoms with Crippen LogP contribution in [0.15, 0.2) is 27.8 Å². The van der Waals surface area contributed by atoms with E-state index in [1.165, 1.54) is 9.47 Å². The predicted molar refractivity (Wildman–Crippen MR) is 123 cm³/mol. The predicted octanol–water partition coefficient (Wildman–Crippen LogP) is 3.70. The molecule has 2 rings (SSSR count). The van der Waals surface area contributed by atoms with Crippen molar-refractivity contribution in [2.45, 2.75) is 47.1 Å². The summed E-state index contributed by atoms with van der Waals surface area (Å²) in [4.78, 5) is 41.6. The van der Waals surface area contributed by atoms with Crippen molar-refractivity contribution in [2.75, 3.05) is 17.2 Å². The van der Waals surface area contributed by atoms with Crippen LogP contribution in [0.25, 0.3) is 0 Å². The number of nitrogens with two attached hydrogens (primary N) is 1. The van der Waals surface area contributed by atoms with Gasteiger partial charge in [0.15, 0.2) is 5.69 Å². The molecule has 0 bridgehead atoms. The quantitative estimate of drug-likeness (QED) is 0.634. The van der Waals surface area contributed by atoms with E-state index in [9.17, 15) is 14.4 Å². The first-order chi connectivity index (χ1) is 14.0. The van der Waals surface area contributed by atoms with Gasteiger partial charge in [-0.1, -0.05) is 63.0 Å². The number of carbonyl (C=O) groups excluding carboxylic acids is 1. The molecular formula is C21H28Cl2N4O3. The van der Waals surface area contributed by atoms with Crippen molar-refractivity contribution in [2.24, 2.45) is 11.8 Å². The SMILES string of the molecule is CC(C)CN(C(=O)CCc1cccc(Cl)c1Cl)c1c(N)n(CC(C)C)c(=O)[nH]c1=O. The highest BCUT2D eigenvalue weighted by Crippen LogP contribution is 2.27. The van der Waals surface area contributed by atoms with Gasteiger partial charge >= 0.3 is 5.69 Å². The summed E-state index contributed by atoms with van der Waals surface area (Å²) in [6, 6.07) is 5.25. The van der Waals surface area contributed by atoms with E-state index in [2.05, 4.69) is 4.98 Å². The maximum absolute atomic E-state index is 13.1. The molecule has 1 aromatic carbocycles. The molecular weight excluding hydrogens is 427 g/mol. The third-order valence-corrected chi connectivity index (χ3v) is 5.38. The van der Waals surface area contributed by atoms with Gasteiger partial charge in [-0.3, -0.25) is 19.1 Å². The highest BCUT2D eigenvalue weighted by molar-refractivity contribution is 6.42. The van der Waals surface area contributed by atoms with Crippen LogP contribution in [-0.4, -0.2) is 22.0 Å². The van der Waals surface area contributed by atoms with E-state index in [-0.39, 0.29) is 42.2 Å². The Morgan fingerprint density at radius 3 is 2.43 bits per heavy atom. The molecule has 1 heterocycles. The Morgan fingerprint density at radius 2 is 1.83 bits per heavy atom. The standard InChI is InChI=1S/C21H28Cl2N4O3/c1-12(2)10-26(16(28)9-8-14-6-5-7-15(22)17(14)23)18-19(24)27(11-13(3)4)21(30)25-20(18)29/h5-7,12-13H,8-11,24H2,1-4H3,(H,25,29,30). The molecule has 164 valence electrons. The number of aromatic nitrogens is 2. The van der Waals surface area contributed by atoms with Crippen molar-refractivity contribution in [3.05, 3.63) is 54.6 Å². The summed E-state index contributed by atoms with van der Waals surface area (Å²) >= 11 is 12.3. The second-order valence-electron chi connectivity index (χ2n) is 8.11. The lowest BCUT2D eigenvalue weighted by Crippen LogP contribution is -2.43. The molecule has 0 saturated heterocycles. The molecule has 0 saturated carbocycles. The molecule has 1 aromatic heterocycles. The van der Waals surface area contributed by atoms with E-state index in [1.807, 2.05) is 27.7 Å². The molecule has 7 nitrogen and oxygen atoms in total. The van der Waals surface area contributed by atoms with Crippen molar-refractivity contribution in [1.29, 1.82) is 0 Å². The normalized spacial score (nSPS) is 11.3. The fraction of sp³-hybridized carbons (Fsp3) is 0.476. The molecule has 0 aliphatic rings. The van der Waals surface area contributed by atoms with Crippen LogP contribution in [0.5, 0.6) is 0 Å². The monoisotopic (exact) mass is 454 g/mol. The minimum atomic E-state index is -0.674. The maximum atomic E-state index is 13.1. The molecule has 0 atom stereocenters. The molecule has 0 fully saturated rings. The van der Waals surface area contributed by atoms with Crippen molar-refractivity contribution in [1.82, 2.24) is 9.55 Å². The summed E-state index contributed by atoms with van der Waals surface area (Å²) in [6.07, 6.45) is 0.464. The average molecular weight is 455 g/mol. The molecule has 0 aliphatic carbocycles. The van der Waals surface area contributed by atoms with Gasteiger partial charge in [0.05, 0.1) is 10.0 Å². The molecule has 1 amide bonds. The number of rotatable bonds is 8. The highest BCUT2D eigenvalue weighted by Gasteiger charge is 2.25. The summed E-state index contributed by atoms with van der Waals surface area (Å²) in [5.74, 6) is -0.0881. The molecule has 2 aromatic rings.